The van der Waals surface area contributed by atoms with Gasteiger partial charge in [-0.1, -0.05) is 27.7 Å². The average Bonchev–Trinajstić information content (AvgIpc) is 2.95. The number of H-pyrrole nitrogens is 1. The lowest BCUT2D eigenvalue weighted by molar-refractivity contribution is -0.121. The summed E-state index contributed by atoms with van der Waals surface area (Å²) in [6.45, 7) is 9.60. The van der Waals surface area contributed by atoms with E-state index in [2.05, 4.69) is 36.1 Å². The molecule has 0 spiro atoms. The largest absolute Gasteiger partial charge is 0.356 e. The minimum Gasteiger partial charge on any atom is -0.356 e. The third-order valence-electron chi connectivity index (χ3n) is 5.35. The molecule has 1 atom stereocenters. The summed E-state index contributed by atoms with van der Waals surface area (Å²) < 4.78 is 0. The Hall–Kier alpha value is -1.69. The van der Waals surface area contributed by atoms with Crippen molar-refractivity contribution in [2.24, 2.45) is 11.3 Å². The van der Waals surface area contributed by atoms with Crippen LogP contribution in [0.25, 0.3) is 10.2 Å². The van der Waals surface area contributed by atoms with Gasteiger partial charge in [0.15, 0.2) is 0 Å². The molecule has 6 heteroatoms. The van der Waals surface area contributed by atoms with Crippen LogP contribution in [0, 0.1) is 11.3 Å². The molecule has 0 saturated carbocycles. The van der Waals surface area contributed by atoms with E-state index in [9.17, 15) is 9.59 Å². The topological polar surface area (TPSA) is 74.8 Å². The number of carbonyl (C=O) groups is 1. The summed E-state index contributed by atoms with van der Waals surface area (Å²) in [7, 11) is 0. The Morgan fingerprint density at radius 3 is 2.85 bits per heavy atom. The standard InChI is InChI=1S/C20H29N3O2S/c1-5-10-21-16(24)9-8-15-22-18(25)17-13-7-6-12(20(2,3)4)11-14(13)26-19(17)23-15/h12H,5-11H2,1-4H3,(H,21,24)(H,22,23,25)/t12-/m0/s1. The van der Waals surface area contributed by atoms with E-state index in [1.165, 1.54) is 10.4 Å². The van der Waals surface area contributed by atoms with Crippen molar-refractivity contribution in [3.8, 4) is 0 Å². The van der Waals surface area contributed by atoms with Gasteiger partial charge < -0.3 is 10.3 Å². The third kappa shape index (κ3) is 4.00. The minimum atomic E-state index is -0.0503. The van der Waals surface area contributed by atoms with Crippen LogP contribution in [0.3, 0.4) is 0 Å². The van der Waals surface area contributed by atoms with Gasteiger partial charge in [0.1, 0.15) is 10.7 Å². The summed E-state index contributed by atoms with van der Waals surface area (Å²) >= 11 is 1.66. The predicted molar refractivity (Wildman–Crippen MR) is 107 cm³/mol. The molecular formula is C20H29N3O2S. The zero-order valence-electron chi connectivity index (χ0n) is 16.2. The first-order valence-electron chi connectivity index (χ1n) is 9.59. The highest BCUT2D eigenvalue weighted by Gasteiger charge is 2.31. The molecule has 2 aromatic rings. The highest BCUT2D eigenvalue weighted by atomic mass is 32.1. The van der Waals surface area contributed by atoms with Gasteiger partial charge in [0, 0.05) is 24.3 Å². The Morgan fingerprint density at radius 2 is 2.15 bits per heavy atom. The van der Waals surface area contributed by atoms with Crippen molar-refractivity contribution in [3.05, 3.63) is 26.6 Å². The number of nitrogens with zero attached hydrogens (tertiary/aromatic N) is 1. The number of amides is 1. The van der Waals surface area contributed by atoms with Gasteiger partial charge in [-0.05, 0) is 42.6 Å². The molecule has 142 valence electrons. The Bertz CT molecular complexity index is 860. The second-order valence-electron chi connectivity index (χ2n) is 8.35. The van der Waals surface area contributed by atoms with Crippen molar-refractivity contribution in [1.82, 2.24) is 15.3 Å². The Morgan fingerprint density at radius 1 is 1.38 bits per heavy atom. The molecule has 0 fully saturated rings. The average molecular weight is 376 g/mol. The van der Waals surface area contributed by atoms with Crippen molar-refractivity contribution in [2.45, 2.75) is 66.2 Å². The molecule has 2 N–H and O–H groups in total. The molecule has 0 aromatic carbocycles. The van der Waals surface area contributed by atoms with Crippen LogP contribution in [0.15, 0.2) is 4.79 Å². The summed E-state index contributed by atoms with van der Waals surface area (Å²) in [6.07, 6.45) is 4.86. The Labute approximate surface area is 158 Å². The summed E-state index contributed by atoms with van der Waals surface area (Å²) in [4.78, 5) is 34.1. The quantitative estimate of drug-likeness (QED) is 0.838. The Kier molecular flexibility index (Phi) is 5.51. The second kappa shape index (κ2) is 7.51. The highest BCUT2D eigenvalue weighted by molar-refractivity contribution is 7.18. The molecule has 0 aliphatic heterocycles. The maximum atomic E-state index is 12.6. The first kappa shape index (κ1) is 19.1. The van der Waals surface area contributed by atoms with Crippen LogP contribution in [0.1, 0.15) is 63.2 Å². The van der Waals surface area contributed by atoms with E-state index in [-0.39, 0.29) is 16.9 Å². The van der Waals surface area contributed by atoms with Crippen LogP contribution in [-0.2, 0) is 24.1 Å². The molecule has 1 amide bonds. The van der Waals surface area contributed by atoms with Crippen LogP contribution in [0.2, 0.25) is 0 Å². The van der Waals surface area contributed by atoms with E-state index in [1.807, 2.05) is 6.92 Å². The predicted octanol–water partition coefficient (Wildman–Crippen LogP) is 3.59. The maximum Gasteiger partial charge on any atom is 0.259 e. The van der Waals surface area contributed by atoms with E-state index in [4.69, 9.17) is 0 Å². The van der Waals surface area contributed by atoms with E-state index in [0.29, 0.717) is 31.1 Å². The van der Waals surface area contributed by atoms with E-state index < -0.39 is 0 Å². The van der Waals surface area contributed by atoms with E-state index in [1.54, 1.807) is 11.3 Å². The van der Waals surface area contributed by atoms with E-state index in [0.717, 1.165) is 35.9 Å². The molecule has 0 saturated heterocycles. The van der Waals surface area contributed by atoms with Crippen molar-refractivity contribution in [1.29, 1.82) is 0 Å². The monoisotopic (exact) mass is 375 g/mol. The third-order valence-corrected chi connectivity index (χ3v) is 6.50. The van der Waals surface area contributed by atoms with Gasteiger partial charge >= 0.3 is 0 Å². The first-order valence-corrected chi connectivity index (χ1v) is 10.4. The van der Waals surface area contributed by atoms with Crippen molar-refractivity contribution in [3.63, 3.8) is 0 Å². The van der Waals surface area contributed by atoms with Gasteiger partial charge in [-0.15, -0.1) is 11.3 Å². The lowest BCUT2D eigenvalue weighted by Gasteiger charge is -2.33. The zero-order valence-corrected chi connectivity index (χ0v) is 17.0. The molecule has 26 heavy (non-hydrogen) atoms. The van der Waals surface area contributed by atoms with Gasteiger partial charge in [-0.25, -0.2) is 4.98 Å². The number of aromatic nitrogens is 2. The van der Waals surface area contributed by atoms with Crippen LogP contribution in [0.5, 0.6) is 0 Å². The summed E-state index contributed by atoms with van der Waals surface area (Å²) in [5.41, 5.74) is 1.43. The zero-order chi connectivity index (χ0) is 18.9. The number of thiophene rings is 1. The normalized spacial score (nSPS) is 17.3. The fourth-order valence-corrected chi connectivity index (χ4v) is 4.99. The molecule has 1 aliphatic carbocycles. The molecule has 0 radical (unpaired) electrons. The minimum absolute atomic E-state index is 0.00749. The molecule has 0 bridgehead atoms. The second-order valence-corrected chi connectivity index (χ2v) is 9.44. The van der Waals surface area contributed by atoms with Crippen LogP contribution >= 0.6 is 11.3 Å². The number of hydrogen-bond acceptors (Lipinski definition) is 4. The number of fused-ring (bicyclic) bond motifs is 3. The van der Waals surface area contributed by atoms with E-state index >= 15 is 0 Å². The van der Waals surface area contributed by atoms with Gasteiger partial charge in [0.05, 0.1) is 5.39 Å². The van der Waals surface area contributed by atoms with Gasteiger partial charge in [0.25, 0.3) is 5.56 Å². The molecule has 3 rings (SSSR count). The van der Waals surface area contributed by atoms with Crippen molar-refractivity contribution >= 4 is 27.5 Å². The molecule has 2 heterocycles. The summed E-state index contributed by atoms with van der Waals surface area (Å²) in [5, 5.41) is 3.63. The number of hydrogen-bond donors (Lipinski definition) is 2. The highest BCUT2D eigenvalue weighted by Crippen LogP contribution is 2.41. The lowest BCUT2D eigenvalue weighted by atomic mass is 9.72. The number of rotatable bonds is 5. The molecular weight excluding hydrogens is 346 g/mol. The maximum absolute atomic E-state index is 12.6. The number of aromatic amines is 1. The summed E-state index contributed by atoms with van der Waals surface area (Å²) in [5.74, 6) is 1.26. The summed E-state index contributed by atoms with van der Waals surface area (Å²) in [6, 6.07) is 0. The smallest absolute Gasteiger partial charge is 0.259 e. The van der Waals surface area contributed by atoms with Gasteiger partial charge in [0.2, 0.25) is 5.91 Å². The van der Waals surface area contributed by atoms with Crippen LogP contribution in [0.4, 0.5) is 0 Å². The van der Waals surface area contributed by atoms with Gasteiger partial charge in [-0.2, -0.15) is 0 Å². The molecule has 1 aliphatic rings. The Balaban J connectivity index is 1.82. The van der Waals surface area contributed by atoms with Crippen molar-refractivity contribution in [2.75, 3.05) is 6.54 Å². The molecule has 5 nitrogen and oxygen atoms in total. The van der Waals surface area contributed by atoms with Crippen LogP contribution < -0.4 is 10.9 Å². The fraction of sp³-hybridized carbons (Fsp3) is 0.650. The van der Waals surface area contributed by atoms with Gasteiger partial charge in [-0.3, -0.25) is 9.59 Å². The number of carbonyl (C=O) groups excluding carboxylic acids is 1. The lowest BCUT2D eigenvalue weighted by Crippen LogP contribution is -2.26. The first-order chi connectivity index (χ1) is 12.3. The SMILES string of the molecule is CCCNC(=O)CCc1nc2sc3c(c2c(=O)[nH]1)CC[C@H](C(C)(C)C)C3. The number of nitrogens with one attached hydrogen (secondary N) is 2. The molecule has 2 aromatic heterocycles. The number of aryl methyl sites for hydroxylation is 2. The van der Waals surface area contributed by atoms with Crippen LogP contribution in [-0.4, -0.2) is 22.4 Å². The molecule has 0 unspecified atom stereocenters. The van der Waals surface area contributed by atoms with Crippen molar-refractivity contribution < 1.29 is 4.79 Å². The fourth-order valence-electron chi connectivity index (χ4n) is 3.67.